The third kappa shape index (κ3) is 2.25. The molecule has 0 bridgehead atoms. The molecule has 0 spiro atoms. The van der Waals surface area contributed by atoms with Crippen LogP contribution in [0.1, 0.15) is 53.4 Å². The van der Waals surface area contributed by atoms with Crippen LogP contribution in [-0.2, 0) is 0 Å². The molecule has 0 aromatic rings. The predicted molar refractivity (Wildman–Crippen MR) is 56.6 cm³/mol. The normalized spacial score (nSPS) is 36.9. The second-order valence-electron chi connectivity index (χ2n) is 5.17. The van der Waals surface area contributed by atoms with Crippen LogP contribution in [0.2, 0.25) is 0 Å². The van der Waals surface area contributed by atoms with Crippen molar-refractivity contribution in [2.45, 2.75) is 59.0 Å². The van der Waals surface area contributed by atoms with E-state index in [4.69, 9.17) is 0 Å². The van der Waals surface area contributed by atoms with Gasteiger partial charge in [-0.25, -0.2) is 0 Å². The molecule has 3 atom stereocenters. The quantitative estimate of drug-likeness (QED) is 0.714. The van der Waals surface area contributed by atoms with Gasteiger partial charge >= 0.3 is 0 Å². The fourth-order valence-corrected chi connectivity index (χ4v) is 3.07. The van der Waals surface area contributed by atoms with Gasteiger partial charge in [-0.15, -0.1) is 0 Å². The summed E-state index contributed by atoms with van der Waals surface area (Å²) < 4.78 is 0. The van der Waals surface area contributed by atoms with Crippen LogP contribution < -0.4 is 0 Å². The molecule has 0 saturated heterocycles. The smallest absolute Gasteiger partial charge is 0.0650 e. The molecule has 0 radical (unpaired) electrons. The SMILES string of the molecule is CCC(C(C)C)C1CCCC1(C)O. The van der Waals surface area contributed by atoms with Gasteiger partial charge in [-0.2, -0.15) is 0 Å². The maximum absolute atomic E-state index is 10.2. The Morgan fingerprint density at radius 2 is 2.08 bits per heavy atom. The molecule has 1 N–H and O–H groups in total. The Bertz CT molecular complexity index is 161. The molecule has 1 rings (SSSR count). The van der Waals surface area contributed by atoms with E-state index in [1.807, 2.05) is 6.92 Å². The van der Waals surface area contributed by atoms with E-state index < -0.39 is 0 Å². The topological polar surface area (TPSA) is 20.2 Å². The van der Waals surface area contributed by atoms with E-state index in [2.05, 4.69) is 20.8 Å². The lowest BCUT2D eigenvalue weighted by Gasteiger charge is -2.34. The summed E-state index contributed by atoms with van der Waals surface area (Å²) in [6.07, 6.45) is 4.64. The highest BCUT2D eigenvalue weighted by Gasteiger charge is 2.41. The summed E-state index contributed by atoms with van der Waals surface area (Å²) in [7, 11) is 0. The molecule has 0 aliphatic heterocycles. The molecule has 0 amide bonds. The second kappa shape index (κ2) is 4.00. The van der Waals surface area contributed by atoms with Crippen molar-refractivity contribution < 1.29 is 5.11 Å². The van der Waals surface area contributed by atoms with Crippen LogP contribution in [-0.4, -0.2) is 10.7 Å². The van der Waals surface area contributed by atoms with Crippen molar-refractivity contribution in [1.29, 1.82) is 0 Å². The Balaban J connectivity index is 2.68. The summed E-state index contributed by atoms with van der Waals surface area (Å²) >= 11 is 0. The zero-order chi connectivity index (χ0) is 10.1. The lowest BCUT2D eigenvalue weighted by atomic mass is 9.75. The van der Waals surface area contributed by atoms with Crippen molar-refractivity contribution in [3.8, 4) is 0 Å². The Hall–Kier alpha value is -0.0400. The van der Waals surface area contributed by atoms with Crippen LogP contribution in [0, 0.1) is 17.8 Å². The van der Waals surface area contributed by atoms with Crippen molar-refractivity contribution >= 4 is 0 Å². The Labute approximate surface area is 82.5 Å². The fraction of sp³-hybridized carbons (Fsp3) is 1.00. The largest absolute Gasteiger partial charge is 0.390 e. The number of hydrogen-bond acceptors (Lipinski definition) is 1. The van der Waals surface area contributed by atoms with Gasteiger partial charge in [0.15, 0.2) is 0 Å². The minimum Gasteiger partial charge on any atom is -0.390 e. The van der Waals surface area contributed by atoms with Crippen LogP contribution in [0.15, 0.2) is 0 Å². The summed E-state index contributed by atoms with van der Waals surface area (Å²) in [5.74, 6) is 1.95. The van der Waals surface area contributed by atoms with Gasteiger partial charge in [-0.05, 0) is 37.5 Å². The highest BCUT2D eigenvalue weighted by molar-refractivity contribution is 4.92. The van der Waals surface area contributed by atoms with E-state index in [0.29, 0.717) is 17.8 Å². The number of hydrogen-bond donors (Lipinski definition) is 1. The predicted octanol–water partition coefficient (Wildman–Crippen LogP) is 3.22. The molecule has 0 aromatic carbocycles. The van der Waals surface area contributed by atoms with Gasteiger partial charge in [0.1, 0.15) is 0 Å². The second-order valence-corrected chi connectivity index (χ2v) is 5.17. The maximum Gasteiger partial charge on any atom is 0.0650 e. The number of aliphatic hydroxyl groups is 1. The highest BCUT2D eigenvalue weighted by atomic mass is 16.3. The minimum absolute atomic E-state index is 0.384. The van der Waals surface area contributed by atoms with Crippen molar-refractivity contribution in [2.75, 3.05) is 0 Å². The van der Waals surface area contributed by atoms with Crippen LogP contribution in [0.25, 0.3) is 0 Å². The minimum atomic E-state index is -0.384. The van der Waals surface area contributed by atoms with Crippen LogP contribution in [0.5, 0.6) is 0 Å². The molecule has 1 fully saturated rings. The van der Waals surface area contributed by atoms with E-state index in [1.165, 1.54) is 19.3 Å². The zero-order valence-corrected chi connectivity index (χ0v) is 9.51. The summed E-state index contributed by atoms with van der Waals surface area (Å²) in [5, 5.41) is 10.2. The third-order valence-electron chi connectivity index (χ3n) is 3.84. The van der Waals surface area contributed by atoms with Crippen molar-refractivity contribution in [1.82, 2.24) is 0 Å². The van der Waals surface area contributed by atoms with Gasteiger partial charge in [-0.3, -0.25) is 0 Å². The molecule has 1 saturated carbocycles. The molecule has 1 heteroatoms. The van der Waals surface area contributed by atoms with Gasteiger partial charge in [0.05, 0.1) is 5.60 Å². The number of rotatable bonds is 3. The van der Waals surface area contributed by atoms with Crippen LogP contribution in [0.4, 0.5) is 0 Å². The van der Waals surface area contributed by atoms with Crippen LogP contribution in [0.3, 0.4) is 0 Å². The van der Waals surface area contributed by atoms with Crippen LogP contribution >= 0.6 is 0 Å². The average Bonchev–Trinajstić information content (AvgIpc) is 2.32. The van der Waals surface area contributed by atoms with Gasteiger partial charge in [0.25, 0.3) is 0 Å². The Morgan fingerprint density at radius 3 is 2.38 bits per heavy atom. The molecular formula is C12H24O. The summed E-state index contributed by atoms with van der Waals surface area (Å²) in [6.45, 7) is 8.83. The van der Waals surface area contributed by atoms with Crippen molar-refractivity contribution in [3.63, 3.8) is 0 Å². The van der Waals surface area contributed by atoms with E-state index in [-0.39, 0.29) is 5.60 Å². The molecule has 1 aliphatic carbocycles. The van der Waals surface area contributed by atoms with Crippen molar-refractivity contribution in [3.05, 3.63) is 0 Å². The summed E-state index contributed by atoms with van der Waals surface area (Å²) in [5.41, 5.74) is -0.384. The molecular weight excluding hydrogens is 160 g/mol. The van der Waals surface area contributed by atoms with E-state index in [1.54, 1.807) is 0 Å². The van der Waals surface area contributed by atoms with E-state index in [9.17, 15) is 5.11 Å². The van der Waals surface area contributed by atoms with Gasteiger partial charge in [0.2, 0.25) is 0 Å². The van der Waals surface area contributed by atoms with Crippen molar-refractivity contribution in [2.24, 2.45) is 17.8 Å². The molecule has 13 heavy (non-hydrogen) atoms. The average molecular weight is 184 g/mol. The highest BCUT2D eigenvalue weighted by Crippen LogP contribution is 2.43. The lowest BCUT2D eigenvalue weighted by Crippen LogP contribution is -2.36. The first kappa shape index (κ1) is 11.0. The van der Waals surface area contributed by atoms with Gasteiger partial charge in [-0.1, -0.05) is 33.6 Å². The molecule has 0 heterocycles. The molecule has 0 aromatic heterocycles. The standard InChI is InChI=1S/C12H24O/c1-5-10(9(2)3)11-7-6-8-12(11,4)13/h9-11,13H,5-8H2,1-4H3. The molecule has 78 valence electrons. The maximum atomic E-state index is 10.2. The van der Waals surface area contributed by atoms with E-state index >= 15 is 0 Å². The summed E-state index contributed by atoms with van der Waals surface area (Å²) in [4.78, 5) is 0. The van der Waals surface area contributed by atoms with Gasteiger partial charge in [0, 0.05) is 0 Å². The Kier molecular flexibility index (Phi) is 3.39. The zero-order valence-electron chi connectivity index (χ0n) is 9.51. The first-order valence-corrected chi connectivity index (χ1v) is 5.71. The van der Waals surface area contributed by atoms with Gasteiger partial charge < -0.3 is 5.11 Å². The molecule has 1 nitrogen and oxygen atoms in total. The Morgan fingerprint density at radius 1 is 1.46 bits per heavy atom. The fourth-order valence-electron chi connectivity index (χ4n) is 3.07. The molecule has 1 aliphatic rings. The summed E-state index contributed by atoms with van der Waals surface area (Å²) in [6, 6.07) is 0. The third-order valence-corrected chi connectivity index (χ3v) is 3.84. The molecule has 3 unspecified atom stereocenters. The monoisotopic (exact) mass is 184 g/mol. The lowest BCUT2D eigenvalue weighted by molar-refractivity contribution is -0.0145. The first-order chi connectivity index (χ1) is 5.99. The first-order valence-electron chi connectivity index (χ1n) is 5.71. The van der Waals surface area contributed by atoms with E-state index in [0.717, 1.165) is 6.42 Å².